The third-order valence-corrected chi connectivity index (χ3v) is 31.3. The molecule has 0 bridgehead atoms. The fourth-order valence-corrected chi connectivity index (χ4v) is 18.9. The third kappa shape index (κ3) is 11.6. The van der Waals surface area contributed by atoms with Crippen molar-refractivity contribution in [3.05, 3.63) is 35.9 Å². The minimum Gasteiger partial charge on any atom is -0.445 e. The summed E-state index contributed by atoms with van der Waals surface area (Å²) in [6.45, 7) is 28.1. The first-order chi connectivity index (χ1) is 24.0. The Morgan fingerprint density at radius 1 is 0.600 bits per heavy atom. The van der Waals surface area contributed by atoms with Gasteiger partial charge in [0.05, 0.1) is 30.9 Å². The van der Waals surface area contributed by atoms with E-state index in [1.165, 1.54) is 0 Å². The van der Waals surface area contributed by atoms with Crippen LogP contribution in [0.2, 0.25) is 72.5 Å². The van der Waals surface area contributed by atoms with Crippen LogP contribution >= 0.6 is 0 Å². The van der Waals surface area contributed by atoms with E-state index in [0.29, 0.717) is 6.61 Å². The summed E-state index contributed by atoms with van der Waals surface area (Å²) in [7, 11) is -8.40. The highest BCUT2D eigenvalue weighted by Gasteiger charge is 2.54. The van der Waals surface area contributed by atoms with Crippen molar-refractivity contribution in [1.29, 1.82) is 0 Å². The van der Waals surface area contributed by atoms with Gasteiger partial charge >= 0.3 is 6.09 Å². The molecule has 5 atom stereocenters. The minimum absolute atomic E-state index is 0.133. The lowest BCUT2D eigenvalue weighted by atomic mass is 9.93. The second-order valence-electron chi connectivity index (χ2n) is 14.5. The monoisotopic (exact) mass is 768 g/mol. The second-order valence-corrected chi connectivity index (χ2v) is 33.4. The van der Waals surface area contributed by atoms with E-state index in [1.54, 1.807) is 0 Å². The van der Waals surface area contributed by atoms with Crippen LogP contribution in [-0.4, -0.2) is 76.5 Å². The third-order valence-electron chi connectivity index (χ3n) is 12.7. The van der Waals surface area contributed by atoms with E-state index in [1.807, 2.05) is 30.3 Å². The first-order valence-electron chi connectivity index (χ1n) is 20.4. The average molecular weight is 769 g/mol. The fraction of sp³-hybridized carbons (Fsp3) is 0.816. The van der Waals surface area contributed by atoms with Crippen LogP contribution in [0.25, 0.3) is 0 Å². The number of amides is 1. The molecule has 2 rings (SSSR count). The first-order valence-corrected chi connectivity index (χ1v) is 30.5. The van der Waals surface area contributed by atoms with E-state index in [2.05, 4.69) is 93.7 Å². The van der Waals surface area contributed by atoms with Crippen molar-refractivity contribution in [1.82, 2.24) is 10.6 Å². The summed E-state index contributed by atoms with van der Waals surface area (Å²) in [4.78, 5) is 13.8. The summed E-state index contributed by atoms with van der Waals surface area (Å²) in [5.74, 6) is 0. The van der Waals surface area contributed by atoms with E-state index in [9.17, 15) is 4.79 Å². The number of benzene rings is 1. The van der Waals surface area contributed by atoms with Gasteiger partial charge in [-0.1, -0.05) is 113 Å². The molecule has 50 heavy (non-hydrogen) atoms. The quantitative estimate of drug-likeness (QED) is 0.101. The number of ether oxygens (including phenoxy) is 1. The van der Waals surface area contributed by atoms with E-state index in [0.717, 1.165) is 78.1 Å². The lowest BCUT2D eigenvalue weighted by molar-refractivity contribution is -0.0906. The van der Waals surface area contributed by atoms with Crippen LogP contribution < -0.4 is 10.6 Å². The summed E-state index contributed by atoms with van der Waals surface area (Å²) in [6, 6.07) is 21.6. The van der Waals surface area contributed by atoms with Gasteiger partial charge in [-0.3, -0.25) is 5.32 Å². The molecule has 1 aromatic carbocycles. The molecule has 12 heteroatoms. The Balaban J connectivity index is 2.78. The van der Waals surface area contributed by atoms with Crippen molar-refractivity contribution in [2.75, 3.05) is 6.61 Å². The molecule has 0 spiro atoms. The number of carbonyl (C=O) groups excluding carboxylic acids is 1. The standard InChI is InChI=1S/C38H76N2O6Si4/c1-13-47(14-2,15-3)43-31-33-35(44-48(16-4,17-5)18-6)36(45-49(19-7,20-8)21-9)34(37(39-33)46-50(22-10,23-11)24-12)40-38(41)42-30-32-28-26-25-27-29-32/h25-29,33-37,39H,13-24,30-31H2,1-12H3,(H,40,41)/t33-,34-,35-,36-,37-/m1/s1. The van der Waals surface area contributed by atoms with Crippen LogP contribution in [0.3, 0.4) is 0 Å². The first kappa shape index (κ1) is 45.3. The zero-order valence-electron chi connectivity index (χ0n) is 34.1. The van der Waals surface area contributed by atoms with Crippen LogP contribution in [0.15, 0.2) is 30.3 Å². The SMILES string of the molecule is CC[Si](CC)(CC)OC[C@H]1N[C@H](O[Si](CC)(CC)CC)[C@H](NC(=O)OCc2ccccc2)[C@@H](O[Si](CC)(CC)CC)[C@@H]1O[Si](CC)(CC)CC. The number of rotatable bonds is 24. The van der Waals surface area contributed by atoms with E-state index >= 15 is 0 Å². The van der Waals surface area contributed by atoms with E-state index < -0.39 is 57.7 Å². The predicted octanol–water partition coefficient (Wildman–Crippen LogP) is 10.4. The van der Waals surface area contributed by atoms with Crippen molar-refractivity contribution in [2.24, 2.45) is 0 Å². The Morgan fingerprint density at radius 2 is 1.02 bits per heavy atom. The highest BCUT2D eigenvalue weighted by molar-refractivity contribution is 6.75. The summed E-state index contributed by atoms with van der Waals surface area (Å²) in [6.07, 6.45) is -1.61. The summed E-state index contributed by atoms with van der Waals surface area (Å²) < 4.78 is 35.5. The van der Waals surface area contributed by atoms with Crippen molar-refractivity contribution in [3.63, 3.8) is 0 Å². The molecule has 0 aliphatic carbocycles. The molecule has 290 valence electrons. The molecule has 1 saturated heterocycles. The number of hydrogen-bond donors (Lipinski definition) is 2. The molecule has 0 aromatic heterocycles. The van der Waals surface area contributed by atoms with Gasteiger partial charge < -0.3 is 27.8 Å². The predicted molar refractivity (Wildman–Crippen MR) is 220 cm³/mol. The van der Waals surface area contributed by atoms with Gasteiger partial charge in [0.2, 0.25) is 0 Å². The highest BCUT2D eigenvalue weighted by atomic mass is 28.4. The zero-order chi connectivity index (χ0) is 37.4. The lowest BCUT2D eigenvalue weighted by Crippen LogP contribution is -2.75. The van der Waals surface area contributed by atoms with Crippen molar-refractivity contribution in [3.8, 4) is 0 Å². The molecule has 1 aliphatic heterocycles. The number of nitrogens with one attached hydrogen (secondary N) is 2. The number of carbonyl (C=O) groups is 1. The van der Waals surface area contributed by atoms with Gasteiger partial charge in [-0.2, -0.15) is 0 Å². The van der Waals surface area contributed by atoms with Crippen LogP contribution in [-0.2, 0) is 29.0 Å². The maximum absolute atomic E-state index is 13.8. The molecule has 0 unspecified atom stereocenters. The molecule has 1 aliphatic rings. The average Bonchev–Trinajstić information content (AvgIpc) is 3.17. The smallest absolute Gasteiger partial charge is 0.407 e. The van der Waals surface area contributed by atoms with Gasteiger partial charge in [-0.15, -0.1) is 0 Å². The van der Waals surface area contributed by atoms with Crippen LogP contribution in [0.1, 0.15) is 88.6 Å². The lowest BCUT2D eigenvalue weighted by Gasteiger charge is -2.53. The van der Waals surface area contributed by atoms with Crippen LogP contribution in [0.4, 0.5) is 4.79 Å². The highest BCUT2D eigenvalue weighted by Crippen LogP contribution is 2.37. The largest absolute Gasteiger partial charge is 0.445 e. The molecule has 0 saturated carbocycles. The van der Waals surface area contributed by atoms with E-state index in [4.69, 9.17) is 22.4 Å². The van der Waals surface area contributed by atoms with Crippen LogP contribution in [0.5, 0.6) is 0 Å². The number of piperidine rings is 1. The maximum Gasteiger partial charge on any atom is 0.407 e. The van der Waals surface area contributed by atoms with Gasteiger partial charge in [0, 0.05) is 0 Å². The Hall–Kier alpha value is -0.842. The van der Waals surface area contributed by atoms with Crippen molar-refractivity contribution in [2.45, 2.75) is 193 Å². The molecule has 1 amide bonds. The molecule has 0 radical (unpaired) electrons. The summed E-state index contributed by atoms with van der Waals surface area (Å²) >= 11 is 0. The number of alkyl carbamates (subject to hydrolysis) is 1. The second kappa shape index (κ2) is 21.8. The topological polar surface area (TPSA) is 87.3 Å². The number of hydrogen-bond acceptors (Lipinski definition) is 7. The summed E-state index contributed by atoms with van der Waals surface area (Å²) in [5.41, 5.74) is 0.951. The van der Waals surface area contributed by atoms with Crippen molar-refractivity contribution < 1.29 is 27.2 Å². The summed E-state index contributed by atoms with van der Waals surface area (Å²) in [5, 5.41) is 7.32. The van der Waals surface area contributed by atoms with Gasteiger partial charge in [-0.05, 0) is 78.1 Å². The minimum atomic E-state index is -2.20. The Kier molecular flexibility index (Phi) is 19.7. The van der Waals surface area contributed by atoms with Crippen molar-refractivity contribution >= 4 is 39.4 Å². The zero-order valence-corrected chi connectivity index (χ0v) is 38.1. The molecular weight excluding hydrogens is 693 g/mol. The molecule has 1 heterocycles. The fourth-order valence-electron chi connectivity index (χ4n) is 7.78. The molecule has 1 fully saturated rings. The molecule has 8 nitrogen and oxygen atoms in total. The Bertz CT molecular complexity index is 1050. The van der Waals surface area contributed by atoms with Gasteiger partial charge in [0.15, 0.2) is 33.3 Å². The Labute approximate surface area is 311 Å². The van der Waals surface area contributed by atoms with E-state index in [-0.39, 0.29) is 18.8 Å². The van der Waals surface area contributed by atoms with Gasteiger partial charge in [0.25, 0.3) is 0 Å². The van der Waals surface area contributed by atoms with Crippen LogP contribution in [0, 0.1) is 0 Å². The maximum atomic E-state index is 13.8. The molecular formula is C38H76N2O6Si4. The Morgan fingerprint density at radius 3 is 1.46 bits per heavy atom. The van der Waals surface area contributed by atoms with Gasteiger partial charge in [0.1, 0.15) is 12.8 Å². The molecule has 1 aromatic rings. The van der Waals surface area contributed by atoms with Gasteiger partial charge in [-0.25, -0.2) is 4.79 Å². The normalized spacial score (nSPS) is 22.0. The molecule has 2 N–H and O–H groups in total.